The molecule has 0 aliphatic carbocycles. The van der Waals surface area contributed by atoms with Gasteiger partial charge in [0.25, 0.3) is 0 Å². The average molecular weight is 279 g/mol. The molecule has 0 saturated heterocycles. The Bertz CT molecular complexity index is 810. The number of hydrogen-bond donors (Lipinski definition) is 0. The van der Waals surface area contributed by atoms with Crippen LogP contribution in [0.5, 0.6) is 0 Å². The van der Waals surface area contributed by atoms with E-state index in [1.807, 2.05) is 0 Å². The van der Waals surface area contributed by atoms with E-state index < -0.39 is 11.6 Å². The summed E-state index contributed by atoms with van der Waals surface area (Å²) < 4.78 is 20.1. The molecule has 0 fully saturated rings. The lowest BCUT2D eigenvalue weighted by Crippen LogP contribution is -2.16. The van der Waals surface area contributed by atoms with Crippen molar-refractivity contribution < 1.29 is 8.81 Å². The topological polar surface area (TPSA) is 48.0 Å². The summed E-state index contributed by atoms with van der Waals surface area (Å²) in [4.78, 5) is 15.6. The second kappa shape index (κ2) is 4.51. The molecule has 0 N–H and O–H groups in total. The van der Waals surface area contributed by atoms with Gasteiger partial charge in [-0.2, -0.15) is 0 Å². The van der Waals surface area contributed by atoms with Crippen molar-refractivity contribution in [3.8, 4) is 0 Å². The first-order valence-corrected chi connectivity index (χ1v) is 5.91. The monoisotopic (exact) mass is 278 g/mol. The van der Waals surface area contributed by atoms with Crippen LogP contribution < -0.4 is 5.76 Å². The summed E-state index contributed by atoms with van der Waals surface area (Å²) in [5.41, 5.74) is 1.20. The molecule has 0 bridgehead atoms. The van der Waals surface area contributed by atoms with Gasteiger partial charge in [0, 0.05) is 6.20 Å². The Balaban J connectivity index is 2.10. The zero-order valence-electron chi connectivity index (χ0n) is 9.64. The van der Waals surface area contributed by atoms with E-state index in [2.05, 4.69) is 4.98 Å². The van der Waals surface area contributed by atoms with E-state index in [0.29, 0.717) is 11.1 Å². The van der Waals surface area contributed by atoms with Crippen LogP contribution in [0.1, 0.15) is 5.69 Å². The summed E-state index contributed by atoms with van der Waals surface area (Å²) in [6.07, 6.45) is 1.34. The van der Waals surface area contributed by atoms with Gasteiger partial charge < -0.3 is 4.42 Å². The number of halogens is 2. The molecule has 6 heteroatoms. The first-order chi connectivity index (χ1) is 9.15. The molecular weight excluding hydrogens is 271 g/mol. The van der Waals surface area contributed by atoms with Crippen LogP contribution in [0.2, 0.25) is 5.02 Å². The first-order valence-electron chi connectivity index (χ1n) is 5.53. The molecule has 3 aromatic rings. The predicted octanol–water partition coefficient (Wildman–Crippen LogP) is 2.83. The lowest BCUT2D eigenvalue weighted by Gasteiger charge is -2.03. The van der Waals surface area contributed by atoms with Gasteiger partial charge in [0.2, 0.25) is 0 Å². The van der Waals surface area contributed by atoms with Crippen LogP contribution in [-0.4, -0.2) is 9.55 Å². The number of pyridine rings is 1. The van der Waals surface area contributed by atoms with Crippen molar-refractivity contribution in [3.05, 3.63) is 63.6 Å². The molecule has 0 spiro atoms. The van der Waals surface area contributed by atoms with Crippen molar-refractivity contribution in [2.24, 2.45) is 0 Å². The van der Waals surface area contributed by atoms with Gasteiger partial charge >= 0.3 is 5.76 Å². The number of rotatable bonds is 2. The summed E-state index contributed by atoms with van der Waals surface area (Å²) in [5.74, 6) is -1.10. The third-order valence-electron chi connectivity index (χ3n) is 2.77. The molecule has 96 valence electrons. The van der Waals surface area contributed by atoms with Crippen LogP contribution in [0.15, 0.2) is 45.7 Å². The van der Waals surface area contributed by atoms with Crippen LogP contribution in [0.3, 0.4) is 0 Å². The Kier molecular flexibility index (Phi) is 2.83. The van der Waals surface area contributed by atoms with E-state index in [-0.39, 0.29) is 17.3 Å². The third-order valence-corrected chi connectivity index (χ3v) is 2.97. The molecule has 0 atom stereocenters. The maximum Gasteiger partial charge on any atom is 0.420 e. The minimum atomic E-state index is -0.551. The quantitative estimate of drug-likeness (QED) is 0.724. The van der Waals surface area contributed by atoms with Crippen molar-refractivity contribution in [1.82, 2.24) is 9.55 Å². The SMILES string of the molecule is O=c1oc2ccccc2n1Cc1ncc(Cl)cc1F. The molecule has 0 saturated carbocycles. The Hall–Kier alpha value is -2.14. The van der Waals surface area contributed by atoms with Crippen LogP contribution in [0.4, 0.5) is 4.39 Å². The molecule has 0 aliphatic heterocycles. The average Bonchev–Trinajstić information content (AvgIpc) is 2.69. The highest BCUT2D eigenvalue weighted by atomic mass is 35.5. The van der Waals surface area contributed by atoms with Crippen LogP contribution in [0, 0.1) is 5.82 Å². The van der Waals surface area contributed by atoms with Crippen LogP contribution >= 0.6 is 11.6 Å². The van der Waals surface area contributed by atoms with Gasteiger partial charge in [0.1, 0.15) is 5.82 Å². The fourth-order valence-electron chi connectivity index (χ4n) is 1.87. The molecular formula is C13H8ClFN2O2. The molecule has 0 unspecified atom stereocenters. The highest BCUT2D eigenvalue weighted by Crippen LogP contribution is 2.16. The summed E-state index contributed by atoms with van der Waals surface area (Å²) in [7, 11) is 0. The van der Waals surface area contributed by atoms with Gasteiger partial charge in [-0.1, -0.05) is 23.7 Å². The Morgan fingerprint density at radius 1 is 1.37 bits per heavy atom. The van der Waals surface area contributed by atoms with Gasteiger partial charge in [-0.3, -0.25) is 9.55 Å². The van der Waals surface area contributed by atoms with E-state index in [0.717, 1.165) is 6.07 Å². The Morgan fingerprint density at radius 3 is 2.95 bits per heavy atom. The fourth-order valence-corrected chi connectivity index (χ4v) is 2.02. The zero-order valence-corrected chi connectivity index (χ0v) is 10.4. The molecule has 4 nitrogen and oxygen atoms in total. The van der Waals surface area contributed by atoms with Crippen molar-refractivity contribution in [2.75, 3.05) is 0 Å². The molecule has 1 aromatic carbocycles. The van der Waals surface area contributed by atoms with Gasteiger partial charge in [0.05, 0.1) is 22.8 Å². The van der Waals surface area contributed by atoms with Gasteiger partial charge in [0.15, 0.2) is 5.58 Å². The van der Waals surface area contributed by atoms with Crippen molar-refractivity contribution in [3.63, 3.8) is 0 Å². The number of fused-ring (bicyclic) bond motifs is 1. The molecule has 19 heavy (non-hydrogen) atoms. The number of aromatic nitrogens is 2. The van der Waals surface area contributed by atoms with E-state index in [1.54, 1.807) is 24.3 Å². The number of benzene rings is 1. The standard InChI is InChI=1S/C13H8ClFN2O2/c14-8-5-9(15)10(16-6-8)7-17-11-3-1-2-4-12(11)19-13(17)18/h1-6H,7H2. The number of nitrogens with zero attached hydrogens (tertiary/aromatic N) is 2. The normalized spacial score (nSPS) is 11.1. The second-order valence-electron chi connectivity index (χ2n) is 4.00. The largest absolute Gasteiger partial charge is 0.420 e. The molecule has 2 heterocycles. The number of hydrogen-bond acceptors (Lipinski definition) is 3. The first kappa shape index (κ1) is 11.9. The molecule has 0 amide bonds. The minimum Gasteiger partial charge on any atom is -0.408 e. The third kappa shape index (κ3) is 2.13. The Morgan fingerprint density at radius 2 is 2.16 bits per heavy atom. The van der Waals surface area contributed by atoms with Crippen molar-refractivity contribution in [2.45, 2.75) is 6.54 Å². The van der Waals surface area contributed by atoms with Crippen LogP contribution in [0.25, 0.3) is 11.1 Å². The minimum absolute atomic E-state index is 0.00114. The zero-order chi connectivity index (χ0) is 13.4. The molecule has 2 aromatic heterocycles. The van der Waals surface area contributed by atoms with Crippen LogP contribution in [-0.2, 0) is 6.54 Å². The van der Waals surface area contributed by atoms with E-state index in [1.165, 1.54) is 10.8 Å². The number of oxazole rings is 1. The second-order valence-corrected chi connectivity index (χ2v) is 4.44. The maximum absolute atomic E-state index is 13.7. The highest BCUT2D eigenvalue weighted by molar-refractivity contribution is 6.30. The lowest BCUT2D eigenvalue weighted by molar-refractivity contribution is 0.508. The van der Waals surface area contributed by atoms with E-state index in [9.17, 15) is 9.18 Å². The van der Waals surface area contributed by atoms with Crippen molar-refractivity contribution >= 4 is 22.7 Å². The maximum atomic E-state index is 13.7. The fraction of sp³-hybridized carbons (Fsp3) is 0.0769. The van der Waals surface area contributed by atoms with Gasteiger partial charge in [-0.05, 0) is 18.2 Å². The van der Waals surface area contributed by atoms with E-state index >= 15 is 0 Å². The van der Waals surface area contributed by atoms with Gasteiger partial charge in [-0.25, -0.2) is 9.18 Å². The van der Waals surface area contributed by atoms with Gasteiger partial charge in [-0.15, -0.1) is 0 Å². The summed E-state index contributed by atoms with van der Waals surface area (Å²) >= 11 is 5.64. The lowest BCUT2D eigenvalue weighted by atomic mass is 10.3. The highest BCUT2D eigenvalue weighted by Gasteiger charge is 2.12. The summed E-state index contributed by atoms with van der Waals surface area (Å²) in [5, 5.41) is 0.214. The predicted molar refractivity (Wildman–Crippen MR) is 68.8 cm³/mol. The molecule has 0 radical (unpaired) electrons. The summed E-state index contributed by atoms with van der Waals surface area (Å²) in [6.45, 7) is -0.00114. The number of para-hydroxylation sites is 2. The summed E-state index contributed by atoms with van der Waals surface area (Å²) in [6, 6.07) is 8.11. The Labute approximate surface area is 112 Å². The van der Waals surface area contributed by atoms with E-state index in [4.69, 9.17) is 16.0 Å². The molecule has 3 rings (SSSR count). The smallest absolute Gasteiger partial charge is 0.408 e. The van der Waals surface area contributed by atoms with Crippen molar-refractivity contribution in [1.29, 1.82) is 0 Å². The molecule has 0 aliphatic rings.